The highest BCUT2D eigenvalue weighted by Gasteiger charge is 2.47. The molecule has 0 aliphatic heterocycles. The zero-order chi connectivity index (χ0) is 14.8. The van der Waals surface area contributed by atoms with E-state index in [1.54, 1.807) is 6.07 Å². The van der Waals surface area contributed by atoms with Gasteiger partial charge in [-0.1, -0.05) is 54.1 Å². The third-order valence-corrected chi connectivity index (χ3v) is 3.12. The van der Waals surface area contributed by atoms with Gasteiger partial charge in [0.1, 0.15) is 0 Å². The van der Waals surface area contributed by atoms with Crippen LogP contribution in [0.15, 0.2) is 54.6 Å². The zero-order valence-corrected chi connectivity index (χ0v) is 11.0. The molecule has 2 aromatic carbocycles. The topological polar surface area (TPSA) is 37.3 Å². The molecule has 0 aromatic heterocycles. The van der Waals surface area contributed by atoms with Crippen LogP contribution in [0.1, 0.15) is 22.0 Å². The average molecular weight is 297 g/mol. The van der Waals surface area contributed by atoms with Crippen molar-refractivity contribution in [2.24, 2.45) is 0 Å². The third-order valence-electron chi connectivity index (χ3n) is 2.87. The van der Waals surface area contributed by atoms with Gasteiger partial charge in [0, 0.05) is 10.6 Å². The molecular formula is C15H11ClF2O2. The number of aliphatic hydroxyl groups excluding tert-OH is 1. The molecule has 2 nitrogen and oxygen atoms in total. The molecule has 0 radical (unpaired) electrons. The minimum absolute atomic E-state index is 0.0660. The third kappa shape index (κ3) is 2.86. The lowest BCUT2D eigenvalue weighted by Crippen LogP contribution is -2.35. The summed E-state index contributed by atoms with van der Waals surface area (Å²) in [5.74, 6) is -5.32. The molecule has 0 spiro atoms. The van der Waals surface area contributed by atoms with E-state index in [4.69, 9.17) is 11.6 Å². The first-order valence-electron chi connectivity index (χ1n) is 5.84. The van der Waals surface area contributed by atoms with Gasteiger partial charge in [-0.15, -0.1) is 0 Å². The van der Waals surface area contributed by atoms with Gasteiger partial charge in [-0.25, -0.2) is 0 Å². The van der Waals surface area contributed by atoms with E-state index in [1.165, 1.54) is 48.5 Å². The molecule has 5 heteroatoms. The number of rotatable bonds is 4. The SMILES string of the molecule is O=C(c1ccccc1)C(F)(F)C(O)c1ccc(Cl)cc1. The number of carbonyl (C=O) groups is 1. The fourth-order valence-electron chi connectivity index (χ4n) is 1.76. The van der Waals surface area contributed by atoms with Crippen LogP contribution in [0.25, 0.3) is 0 Å². The smallest absolute Gasteiger partial charge is 0.339 e. The molecule has 0 saturated carbocycles. The molecule has 1 N–H and O–H groups in total. The van der Waals surface area contributed by atoms with Crippen molar-refractivity contribution in [1.29, 1.82) is 0 Å². The molecule has 1 unspecified atom stereocenters. The molecule has 0 heterocycles. The summed E-state index contributed by atoms with van der Waals surface area (Å²) in [4.78, 5) is 11.8. The fourth-order valence-corrected chi connectivity index (χ4v) is 1.89. The Hall–Kier alpha value is -1.78. The number of aliphatic hydroxyl groups is 1. The van der Waals surface area contributed by atoms with Crippen LogP contribution >= 0.6 is 11.6 Å². The van der Waals surface area contributed by atoms with Gasteiger partial charge in [0.25, 0.3) is 0 Å². The van der Waals surface area contributed by atoms with Crippen molar-refractivity contribution < 1.29 is 18.7 Å². The van der Waals surface area contributed by atoms with Crippen LogP contribution in [0, 0.1) is 0 Å². The van der Waals surface area contributed by atoms with Crippen LogP contribution in [-0.2, 0) is 0 Å². The number of ketones is 1. The molecule has 20 heavy (non-hydrogen) atoms. The first-order valence-corrected chi connectivity index (χ1v) is 6.22. The van der Waals surface area contributed by atoms with Crippen molar-refractivity contribution >= 4 is 17.4 Å². The quantitative estimate of drug-likeness (QED) is 0.869. The highest BCUT2D eigenvalue weighted by Crippen LogP contribution is 2.34. The molecule has 104 valence electrons. The number of Topliss-reactive ketones (excluding diaryl/α,β-unsaturated/α-hetero) is 1. The van der Waals surface area contributed by atoms with Crippen LogP contribution in [0.2, 0.25) is 5.02 Å². The number of halogens is 3. The van der Waals surface area contributed by atoms with E-state index in [9.17, 15) is 18.7 Å². The Morgan fingerprint density at radius 3 is 2.15 bits per heavy atom. The Labute approximate surface area is 119 Å². The van der Waals surface area contributed by atoms with Crippen molar-refractivity contribution in [2.45, 2.75) is 12.0 Å². The Morgan fingerprint density at radius 2 is 1.60 bits per heavy atom. The molecular weight excluding hydrogens is 286 g/mol. The maximum atomic E-state index is 14.1. The van der Waals surface area contributed by atoms with Crippen molar-refractivity contribution in [3.8, 4) is 0 Å². The van der Waals surface area contributed by atoms with Gasteiger partial charge in [-0.05, 0) is 17.7 Å². The monoisotopic (exact) mass is 296 g/mol. The number of hydrogen-bond donors (Lipinski definition) is 1. The standard InChI is InChI=1S/C15H11ClF2O2/c16-12-8-6-11(7-9-12)14(20)15(17,18)13(19)10-4-2-1-3-5-10/h1-9,14,20H. The molecule has 0 aliphatic carbocycles. The summed E-state index contributed by atoms with van der Waals surface area (Å²) in [6, 6.07) is 12.4. The average Bonchev–Trinajstić information content (AvgIpc) is 2.47. The van der Waals surface area contributed by atoms with Crippen LogP contribution in [0.3, 0.4) is 0 Å². The van der Waals surface area contributed by atoms with Crippen LogP contribution < -0.4 is 0 Å². The lowest BCUT2D eigenvalue weighted by atomic mass is 9.96. The van der Waals surface area contributed by atoms with Crippen LogP contribution in [0.5, 0.6) is 0 Å². The lowest BCUT2D eigenvalue weighted by molar-refractivity contribution is -0.0792. The molecule has 2 aromatic rings. The highest BCUT2D eigenvalue weighted by atomic mass is 35.5. The summed E-state index contributed by atoms with van der Waals surface area (Å²) >= 11 is 5.65. The normalized spacial score (nSPS) is 13.0. The zero-order valence-electron chi connectivity index (χ0n) is 10.3. The highest BCUT2D eigenvalue weighted by molar-refractivity contribution is 6.30. The second-order valence-electron chi connectivity index (χ2n) is 4.27. The molecule has 0 saturated heterocycles. The van der Waals surface area contributed by atoms with Crippen molar-refractivity contribution in [3.05, 3.63) is 70.7 Å². The van der Waals surface area contributed by atoms with E-state index in [-0.39, 0.29) is 11.1 Å². The summed E-state index contributed by atoms with van der Waals surface area (Å²) < 4.78 is 28.1. The maximum Gasteiger partial charge on any atom is 0.339 e. The van der Waals surface area contributed by atoms with E-state index in [2.05, 4.69) is 0 Å². The molecule has 1 atom stereocenters. The first-order chi connectivity index (χ1) is 9.43. The van der Waals surface area contributed by atoms with Crippen molar-refractivity contribution in [1.82, 2.24) is 0 Å². The second kappa shape index (κ2) is 5.69. The van der Waals surface area contributed by atoms with E-state index in [1.807, 2.05) is 0 Å². The van der Waals surface area contributed by atoms with E-state index >= 15 is 0 Å². The summed E-state index contributed by atoms with van der Waals surface area (Å²) in [5, 5.41) is 10.1. The van der Waals surface area contributed by atoms with Crippen LogP contribution in [-0.4, -0.2) is 16.8 Å². The van der Waals surface area contributed by atoms with E-state index in [0.29, 0.717) is 5.02 Å². The summed E-state index contributed by atoms with van der Waals surface area (Å²) in [5.41, 5.74) is -0.214. The number of alkyl halides is 2. The Balaban J connectivity index is 2.29. The first kappa shape index (κ1) is 14.6. The summed E-state index contributed by atoms with van der Waals surface area (Å²) in [7, 11) is 0. The van der Waals surface area contributed by atoms with Gasteiger partial charge in [-0.3, -0.25) is 4.79 Å². The molecule has 0 bridgehead atoms. The van der Waals surface area contributed by atoms with E-state index < -0.39 is 17.8 Å². The molecule has 2 rings (SSSR count). The molecule has 0 amide bonds. The van der Waals surface area contributed by atoms with E-state index in [0.717, 1.165) is 0 Å². The van der Waals surface area contributed by atoms with Crippen molar-refractivity contribution in [2.75, 3.05) is 0 Å². The van der Waals surface area contributed by atoms with Gasteiger partial charge in [0.2, 0.25) is 5.78 Å². The number of benzene rings is 2. The van der Waals surface area contributed by atoms with Gasteiger partial charge >= 0.3 is 5.92 Å². The maximum absolute atomic E-state index is 14.1. The Morgan fingerprint density at radius 1 is 1.05 bits per heavy atom. The van der Waals surface area contributed by atoms with Gasteiger partial charge < -0.3 is 5.11 Å². The largest absolute Gasteiger partial charge is 0.382 e. The number of carbonyl (C=O) groups excluding carboxylic acids is 1. The minimum Gasteiger partial charge on any atom is -0.382 e. The lowest BCUT2D eigenvalue weighted by Gasteiger charge is -2.21. The van der Waals surface area contributed by atoms with Crippen LogP contribution in [0.4, 0.5) is 8.78 Å². The van der Waals surface area contributed by atoms with Gasteiger partial charge in [0.15, 0.2) is 6.10 Å². The van der Waals surface area contributed by atoms with Gasteiger partial charge in [-0.2, -0.15) is 8.78 Å². The number of hydrogen-bond acceptors (Lipinski definition) is 2. The summed E-state index contributed by atoms with van der Waals surface area (Å²) in [6.07, 6.45) is -2.22. The molecule has 0 fully saturated rings. The predicted molar refractivity (Wildman–Crippen MR) is 72.1 cm³/mol. The van der Waals surface area contributed by atoms with Gasteiger partial charge in [0.05, 0.1) is 0 Å². The predicted octanol–water partition coefficient (Wildman–Crippen LogP) is 3.89. The molecule has 0 aliphatic rings. The minimum atomic E-state index is -3.91. The Bertz CT molecular complexity index is 597. The fraction of sp³-hybridized carbons (Fsp3) is 0.133. The second-order valence-corrected chi connectivity index (χ2v) is 4.71. The van der Waals surface area contributed by atoms with Crippen molar-refractivity contribution in [3.63, 3.8) is 0 Å². The Kier molecular flexibility index (Phi) is 4.16. The summed E-state index contributed by atoms with van der Waals surface area (Å²) in [6.45, 7) is 0.